The number of aromatic nitrogens is 1. The van der Waals surface area contributed by atoms with Gasteiger partial charge < -0.3 is 10.1 Å². The molecule has 1 heterocycles. The molecule has 0 spiro atoms. The number of hydrogen-bond acceptors (Lipinski definition) is 4. The molecule has 0 saturated heterocycles. The average Bonchev–Trinajstić information content (AvgIpc) is 2.48. The number of nitriles is 1. The number of pyridine rings is 1. The topological polar surface area (TPSA) is 75.0 Å². The molecule has 6 heteroatoms. The highest BCUT2D eigenvalue weighted by Crippen LogP contribution is 2.19. The van der Waals surface area contributed by atoms with Crippen molar-refractivity contribution in [3.8, 4) is 11.8 Å². The highest BCUT2D eigenvalue weighted by atomic mass is 19.1. The molecule has 1 amide bonds. The Morgan fingerprint density at radius 3 is 2.80 bits per heavy atom. The highest BCUT2D eigenvalue weighted by Gasteiger charge is 2.10. The van der Waals surface area contributed by atoms with Crippen LogP contribution in [0, 0.1) is 17.1 Å². The van der Waals surface area contributed by atoms with E-state index in [2.05, 4.69) is 10.3 Å². The van der Waals surface area contributed by atoms with Crippen LogP contribution in [0.3, 0.4) is 0 Å². The number of nitrogens with zero attached hydrogens (tertiary/aromatic N) is 2. The summed E-state index contributed by atoms with van der Waals surface area (Å²) in [5.41, 5.74) is 0.640. The van der Waals surface area contributed by atoms with E-state index in [1.165, 1.54) is 37.6 Å². The molecule has 0 saturated carbocycles. The Hall–Kier alpha value is -2.94. The summed E-state index contributed by atoms with van der Waals surface area (Å²) in [5, 5.41) is 11.2. The van der Waals surface area contributed by atoms with Crippen molar-refractivity contribution < 1.29 is 13.9 Å². The number of halogens is 1. The maximum Gasteiger partial charge on any atom is 0.256 e. The van der Waals surface area contributed by atoms with Gasteiger partial charge in [0.25, 0.3) is 5.91 Å². The summed E-state index contributed by atoms with van der Waals surface area (Å²) in [7, 11) is 1.32. The molecule has 5 nitrogen and oxygen atoms in total. The highest BCUT2D eigenvalue weighted by molar-refractivity contribution is 6.04. The van der Waals surface area contributed by atoms with E-state index in [4.69, 9.17) is 10.00 Å². The van der Waals surface area contributed by atoms with Gasteiger partial charge in [-0.15, -0.1) is 0 Å². The fourth-order valence-electron chi connectivity index (χ4n) is 1.52. The van der Waals surface area contributed by atoms with Crippen LogP contribution in [-0.2, 0) is 0 Å². The van der Waals surface area contributed by atoms with Crippen molar-refractivity contribution in [1.29, 1.82) is 5.26 Å². The monoisotopic (exact) mass is 271 g/mol. The smallest absolute Gasteiger partial charge is 0.256 e. The quantitative estimate of drug-likeness (QED) is 0.929. The van der Waals surface area contributed by atoms with E-state index >= 15 is 0 Å². The summed E-state index contributed by atoms with van der Waals surface area (Å²) in [6.45, 7) is 0. The van der Waals surface area contributed by atoms with Gasteiger partial charge in [-0.25, -0.2) is 9.37 Å². The lowest BCUT2D eigenvalue weighted by Gasteiger charge is -2.06. The third kappa shape index (κ3) is 2.90. The molecular formula is C14H10FN3O2. The van der Waals surface area contributed by atoms with Crippen LogP contribution in [0.1, 0.15) is 15.9 Å². The largest absolute Gasteiger partial charge is 0.494 e. The first kappa shape index (κ1) is 13.5. The molecule has 2 aromatic rings. The van der Waals surface area contributed by atoms with E-state index in [0.29, 0.717) is 11.4 Å². The predicted molar refractivity (Wildman–Crippen MR) is 69.9 cm³/mol. The number of rotatable bonds is 3. The Labute approximate surface area is 114 Å². The second-order valence-corrected chi connectivity index (χ2v) is 3.85. The first-order valence-corrected chi connectivity index (χ1v) is 5.65. The third-order valence-electron chi connectivity index (χ3n) is 2.55. The number of carbonyl (C=O) groups excluding carboxylic acids is 1. The molecule has 0 radical (unpaired) electrons. The molecule has 1 N–H and O–H groups in total. The lowest BCUT2D eigenvalue weighted by atomic mass is 10.2. The van der Waals surface area contributed by atoms with Crippen LogP contribution < -0.4 is 10.1 Å². The SMILES string of the molecule is COc1cc(C(=O)Nc2ccc(C#N)cn2)ccc1F. The summed E-state index contributed by atoms with van der Waals surface area (Å²) in [5.74, 6) is -0.691. The molecule has 0 atom stereocenters. The van der Waals surface area contributed by atoms with Crippen molar-refractivity contribution in [2.24, 2.45) is 0 Å². The van der Waals surface area contributed by atoms with Crippen LogP contribution in [0.15, 0.2) is 36.5 Å². The first-order valence-electron chi connectivity index (χ1n) is 5.65. The summed E-state index contributed by atoms with van der Waals surface area (Å²) >= 11 is 0. The molecule has 0 fully saturated rings. The second-order valence-electron chi connectivity index (χ2n) is 3.85. The molecule has 20 heavy (non-hydrogen) atoms. The van der Waals surface area contributed by atoms with Crippen molar-refractivity contribution in [3.63, 3.8) is 0 Å². The van der Waals surface area contributed by atoms with Crippen LogP contribution in [0.25, 0.3) is 0 Å². The van der Waals surface area contributed by atoms with Crippen LogP contribution in [0.4, 0.5) is 10.2 Å². The van der Waals surface area contributed by atoms with E-state index in [9.17, 15) is 9.18 Å². The van der Waals surface area contributed by atoms with E-state index in [-0.39, 0.29) is 11.3 Å². The molecule has 0 aliphatic carbocycles. The molecule has 0 aliphatic heterocycles. The van der Waals surface area contributed by atoms with Gasteiger partial charge in [0.15, 0.2) is 11.6 Å². The molecule has 0 aliphatic rings. The van der Waals surface area contributed by atoms with Gasteiger partial charge in [-0.05, 0) is 30.3 Å². The zero-order chi connectivity index (χ0) is 14.5. The van der Waals surface area contributed by atoms with Crippen LogP contribution in [0.2, 0.25) is 0 Å². The predicted octanol–water partition coefficient (Wildman–Crippen LogP) is 2.35. The standard InChI is InChI=1S/C14H10FN3O2/c1-20-12-6-10(3-4-11(12)15)14(19)18-13-5-2-9(7-16)8-17-13/h2-6,8H,1H3,(H,17,18,19). The van der Waals surface area contributed by atoms with Crippen molar-refractivity contribution in [2.75, 3.05) is 12.4 Å². The maximum absolute atomic E-state index is 13.2. The Balaban J connectivity index is 2.17. The number of carbonyl (C=O) groups is 1. The summed E-state index contributed by atoms with van der Waals surface area (Å²) < 4.78 is 18.1. The Morgan fingerprint density at radius 2 is 2.20 bits per heavy atom. The fraction of sp³-hybridized carbons (Fsp3) is 0.0714. The van der Waals surface area contributed by atoms with Gasteiger partial charge in [0, 0.05) is 11.8 Å². The Morgan fingerprint density at radius 1 is 1.40 bits per heavy atom. The van der Waals surface area contributed by atoms with Gasteiger partial charge in [0.1, 0.15) is 11.9 Å². The lowest BCUT2D eigenvalue weighted by molar-refractivity contribution is 0.102. The van der Waals surface area contributed by atoms with Crippen molar-refractivity contribution in [3.05, 3.63) is 53.5 Å². The van der Waals surface area contributed by atoms with Gasteiger partial charge in [0.05, 0.1) is 12.7 Å². The first-order chi connectivity index (χ1) is 9.63. The number of amides is 1. The van der Waals surface area contributed by atoms with Gasteiger partial charge >= 0.3 is 0 Å². The molecular weight excluding hydrogens is 261 g/mol. The molecule has 1 aromatic heterocycles. The number of ether oxygens (including phenoxy) is 1. The van der Waals surface area contributed by atoms with Gasteiger partial charge in [-0.3, -0.25) is 4.79 Å². The van der Waals surface area contributed by atoms with Crippen molar-refractivity contribution in [2.45, 2.75) is 0 Å². The normalized spacial score (nSPS) is 9.65. The molecule has 100 valence electrons. The molecule has 0 bridgehead atoms. The van der Waals surface area contributed by atoms with Crippen LogP contribution >= 0.6 is 0 Å². The minimum atomic E-state index is -0.541. The van der Waals surface area contributed by atoms with Gasteiger partial charge in [-0.1, -0.05) is 0 Å². The minimum absolute atomic E-state index is 0.00885. The van der Waals surface area contributed by atoms with Crippen molar-refractivity contribution in [1.82, 2.24) is 4.98 Å². The Kier molecular flexibility index (Phi) is 3.91. The van der Waals surface area contributed by atoms with Gasteiger partial charge in [0.2, 0.25) is 0 Å². The number of anilines is 1. The lowest BCUT2D eigenvalue weighted by Crippen LogP contribution is -2.13. The summed E-state index contributed by atoms with van der Waals surface area (Å²) in [6.07, 6.45) is 1.35. The van der Waals surface area contributed by atoms with E-state index in [1.54, 1.807) is 0 Å². The summed E-state index contributed by atoms with van der Waals surface area (Å²) in [6, 6.07) is 8.77. The average molecular weight is 271 g/mol. The van der Waals surface area contributed by atoms with E-state index in [1.807, 2.05) is 6.07 Å². The zero-order valence-corrected chi connectivity index (χ0v) is 10.6. The number of benzene rings is 1. The van der Waals surface area contributed by atoms with E-state index in [0.717, 1.165) is 6.07 Å². The fourth-order valence-corrected chi connectivity index (χ4v) is 1.52. The van der Waals surface area contributed by atoms with E-state index < -0.39 is 11.7 Å². The summed E-state index contributed by atoms with van der Waals surface area (Å²) in [4.78, 5) is 15.9. The minimum Gasteiger partial charge on any atom is -0.494 e. The maximum atomic E-state index is 13.2. The molecule has 0 unspecified atom stereocenters. The Bertz CT molecular complexity index is 678. The number of methoxy groups -OCH3 is 1. The van der Waals surface area contributed by atoms with Crippen LogP contribution in [-0.4, -0.2) is 18.0 Å². The number of hydrogen-bond donors (Lipinski definition) is 1. The third-order valence-corrected chi connectivity index (χ3v) is 2.55. The molecule has 1 aromatic carbocycles. The number of nitrogens with one attached hydrogen (secondary N) is 1. The van der Waals surface area contributed by atoms with Gasteiger partial charge in [-0.2, -0.15) is 5.26 Å². The second kappa shape index (κ2) is 5.80. The van der Waals surface area contributed by atoms with Crippen molar-refractivity contribution >= 4 is 11.7 Å². The zero-order valence-electron chi connectivity index (χ0n) is 10.6. The van der Waals surface area contributed by atoms with Crippen LogP contribution in [0.5, 0.6) is 5.75 Å². The molecule has 2 rings (SSSR count).